The fourth-order valence-electron chi connectivity index (χ4n) is 1.06. The van der Waals surface area contributed by atoms with Crippen molar-refractivity contribution < 1.29 is 9.53 Å². The Hall–Kier alpha value is -1.13. The highest BCUT2D eigenvalue weighted by Gasteiger charge is 2.06. The van der Waals surface area contributed by atoms with Crippen LogP contribution >= 0.6 is 11.3 Å². The van der Waals surface area contributed by atoms with Gasteiger partial charge in [-0.2, -0.15) is 11.3 Å². The van der Waals surface area contributed by atoms with Crippen LogP contribution in [0.4, 0.5) is 0 Å². The van der Waals surface area contributed by atoms with E-state index in [1.165, 1.54) is 5.56 Å². The lowest BCUT2D eigenvalue weighted by Crippen LogP contribution is -2.21. The zero-order valence-corrected chi connectivity index (χ0v) is 9.60. The van der Waals surface area contributed by atoms with Gasteiger partial charge in [-0.3, -0.25) is 0 Å². The highest BCUT2D eigenvalue weighted by atomic mass is 32.1. The molecule has 0 spiro atoms. The van der Waals surface area contributed by atoms with Crippen LogP contribution in [-0.2, 0) is 16.1 Å². The van der Waals surface area contributed by atoms with E-state index in [0.29, 0.717) is 18.7 Å². The van der Waals surface area contributed by atoms with E-state index >= 15 is 0 Å². The summed E-state index contributed by atoms with van der Waals surface area (Å²) in [4.78, 5) is 11.2. The van der Waals surface area contributed by atoms with Crippen LogP contribution in [0.15, 0.2) is 29.0 Å². The zero-order valence-electron chi connectivity index (χ0n) is 8.79. The zero-order chi connectivity index (χ0) is 11.1. The Kier molecular flexibility index (Phi) is 5.07. The molecule has 0 aliphatic rings. The molecule has 0 aliphatic carbocycles. The van der Waals surface area contributed by atoms with Gasteiger partial charge in [-0.05, 0) is 29.3 Å². The maximum absolute atomic E-state index is 11.2. The SMILES string of the molecule is C=C(CNCc1ccsc1)C(=O)OCC. The quantitative estimate of drug-likeness (QED) is 0.594. The average Bonchev–Trinajstić information content (AvgIpc) is 2.71. The molecule has 82 valence electrons. The molecule has 15 heavy (non-hydrogen) atoms. The Morgan fingerprint density at radius 1 is 1.67 bits per heavy atom. The van der Waals surface area contributed by atoms with Gasteiger partial charge < -0.3 is 10.1 Å². The second-order valence-corrected chi connectivity index (χ2v) is 3.84. The normalized spacial score (nSPS) is 9.93. The van der Waals surface area contributed by atoms with Crippen LogP contribution in [0.25, 0.3) is 0 Å². The fourth-order valence-corrected chi connectivity index (χ4v) is 1.72. The van der Waals surface area contributed by atoms with Gasteiger partial charge in [-0.1, -0.05) is 6.58 Å². The Bertz CT molecular complexity index is 319. The molecule has 0 aromatic carbocycles. The van der Waals surface area contributed by atoms with Crippen molar-refractivity contribution in [3.8, 4) is 0 Å². The molecule has 1 aromatic rings. The van der Waals surface area contributed by atoms with Crippen LogP contribution in [0.3, 0.4) is 0 Å². The van der Waals surface area contributed by atoms with Crippen molar-refractivity contribution in [2.24, 2.45) is 0 Å². The van der Waals surface area contributed by atoms with E-state index in [0.717, 1.165) is 6.54 Å². The number of esters is 1. The second kappa shape index (κ2) is 6.37. The number of hydrogen-bond donors (Lipinski definition) is 1. The molecule has 0 radical (unpaired) electrons. The molecule has 0 saturated carbocycles. The maximum Gasteiger partial charge on any atom is 0.334 e. The summed E-state index contributed by atoms with van der Waals surface area (Å²) in [5.74, 6) is -0.324. The van der Waals surface area contributed by atoms with Crippen LogP contribution in [-0.4, -0.2) is 19.1 Å². The molecule has 1 N–H and O–H groups in total. The predicted molar refractivity (Wildman–Crippen MR) is 61.8 cm³/mol. The van der Waals surface area contributed by atoms with Gasteiger partial charge in [-0.25, -0.2) is 4.79 Å². The van der Waals surface area contributed by atoms with E-state index in [1.807, 2.05) is 11.4 Å². The molecule has 0 fully saturated rings. The first kappa shape index (κ1) is 11.9. The fraction of sp³-hybridized carbons (Fsp3) is 0.364. The Morgan fingerprint density at radius 2 is 2.47 bits per heavy atom. The lowest BCUT2D eigenvalue weighted by Gasteiger charge is -2.06. The third-order valence-electron chi connectivity index (χ3n) is 1.81. The number of carbonyl (C=O) groups excluding carboxylic acids is 1. The summed E-state index contributed by atoms with van der Waals surface area (Å²) < 4.78 is 4.82. The van der Waals surface area contributed by atoms with Gasteiger partial charge in [0.1, 0.15) is 0 Å². The largest absolute Gasteiger partial charge is 0.463 e. The van der Waals surface area contributed by atoms with E-state index in [9.17, 15) is 4.79 Å². The topological polar surface area (TPSA) is 38.3 Å². The minimum atomic E-state index is -0.324. The van der Waals surface area contributed by atoms with Crippen molar-refractivity contribution >= 4 is 17.3 Å². The van der Waals surface area contributed by atoms with Gasteiger partial charge in [0.25, 0.3) is 0 Å². The predicted octanol–water partition coefficient (Wildman–Crippen LogP) is 1.96. The lowest BCUT2D eigenvalue weighted by molar-refractivity contribution is -0.138. The third-order valence-corrected chi connectivity index (χ3v) is 2.54. The highest BCUT2D eigenvalue weighted by Crippen LogP contribution is 2.05. The van der Waals surface area contributed by atoms with Gasteiger partial charge in [0.2, 0.25) is 0 Å². The van der Waals surface area contributed by atoms with E-state index in [4.69, 9.17) is 4.74 Å². The van der Waals surface area contributed by atoms with Crippen LogP contribution in [0.1, 0.15) is 12.5 Å². The summed E-state index contributed by atoms with van der Waals surface area (Å²) in [7, 11) is 0. The van der Waals surface area contributed by atoms with Crippen molar-refractivity contribution in [2.45, 2.75) is 13.5 Å². The summed E-state index contributed by atoms with van der Waals surface area (Å²) in [5.41, 5.74) is 1.68. The van der Waals surface area contributed by atoms with Gasteiger partial charge in [0.05, 0.1) is 6.61 Å². The number of ether oxygens (including phenoxy) is 1. The molecule has 0 unspecified atom stereocenters. The Morgan fingerprint density at radius 3 is 3.07 bits per heavy atom. The minimum absolute atomic E-state index is 0.324. The molecule has 4 heteroatoms. The third kappa shape index (κ3) is 4.27. The highest BCUT2D eigenvalue weighted by molar-refractivity contribution is 7.07. The van der Waals surface area contributed by atoms with E-state index in [1.54, 1.807) is 18.3 Å². The van der Waals surface area contributed by atoms with Crippen molar-refractivity contribution in [3.05, 3.63) is 34.5 Å². The summed E-state index contributed by atoms with van der Waals surface area (Å²) in [6.07, 6.45) is 0. The van der Waals surface area contributed by atoms with E-state index < -0.39 is 0 Å². The second-order valence-electron chi connectivity index (χ2n) is 3.06. The minimum Gasteiger partial charge on any atom is -0.463 e. The monoisotopic (exact) mass is 225 g/mol. The maximum atomic E-state index is 11.2. The van der Waals surface area contributed by atoms with Gasteiger partial charge >= 0.3 is 5.97 Å². The van der Waals surface area contributed by atoms with Gasteiger partial charge in [0.15, 0.2) is 0 Å². The molecule has 1 heterocycles. The number of rotatable bonds is 6. The van der Waals surface area contributed by atoms with Crippen LogP contribution in [0.5, 0.6) is 0 Å². The van der Waals surface area contributed by atoms with Crippen LogP contribution < -0.4 is 5.32 Å². The lowest BCUT2D eigenvalue weighted by atomic mass is 10.3. The first-order valence-corrected chi connectivity index (χ1v) is 5.75. The number of hydrogen-bond acceptors (Lipinski definition) is 4. The molecule has 0 aliphatic heterocycles. The molecule has 1 aromatic heterocycles. The van der Waals surface area contributed by atoms with Crippen LogP contribution in [0, 0.1) is 0 Å². The smallest absolute Gasteiger partial charge is 0.334 e. The number of carbonyl (C=O) groups is 1. The van der Waals surface area contributed by atoms with Crippen molar-refractivity contribution in [3.63, 3.8) is 0 Å². The molecule has 3 nitrogen and oxygen atoms in total. The molecular weight excluding hydrogens is 210 g/mol. The molecule has 0 amide bonds. The average molecular weight is 225 g/mol. The van der Waals surface area contributed by atoms with Gasteiger partial charge in [0, 0.05) is 18.7 Å². The van der Waals surface area contributed by atoms with Crippen LogP contribution in [0.2, 0.25) is 0 Å². The van der Waals surface area contributed by atoms with E-state index in [2.05, 4.69) is 17.3 Å². The number of thiophene rings is 1. The Labute approximate surface area is 93.8 Å². The molecular formula is C11H15NO2S. The molecule has 0 atom stereocenters. The summed E-state index contributed by atoms with van der Waals surface area (Å²) in [6, 6.07) is 2.05. The molecule has 1 rings (SSSR count). The number of nitrogens with one attached hydrogen (secondary N) is 1. The summed E-state index contributed by atoms with van der Waals surface area (Å²) in [5, 5.41) is 7.23. The Balaban J connectivity index is 2.20. The summed E-state index contributed by atoms with van der Waals surface area (Å²) >= 11 is 1.66. The van der Waals surface area contributed by atoms with Crippen molar-refractivity contribution in [1.82, 2.24) is 5.32 Å². The molecule has 0 bridgehead atoms. The van der Waals surface area contributed by atoms with Crippen molar-refractivity contribution in [1.29, 1.82) is 0 Å². The summed E-state index contributed by atoms with van der Waals surface area (Å²) in [6.45, 7) is 7.05. The first-order valence-electron chi connectivity index (χ1n) is 4.80. The molecule has 0 saturated heterocycles. The van der Waals surface area contributed by atoms with Gasteiger partial charge in [-0.15, -0.1) is 0 Å². The standard InChI is InChI=1S/C11H15NO2S/c1-3-14-11(13)9(2)6-12-7-10-4-5-15-8-10/h4-5,8,12H,2-3,6-7H2,1H3. The van der Waals surface area contributed by atoms with E-state index in [-0.39, 0.29) is 5.97 Å². The van der Waals surface area contributed by atoms with Crippen molar-refractivity contribution in [2.75, 3.05) is 13.2 Å². The first-order chi connectivity index (χ1) is 7.24.